The van der Waals surface area contributed by atoms with Gasteiger partial charge in [0.25, 0.3) is 0 Å². The maximum atomic E-state index is 12.6. The van der Waals surface area contributed by atoms with Gasteiger partial charge in [-0.3, -0.25) is 4.98 Å². The van der Waals surface area contributed by atoms with E-state index in [1.54, 1.807) is 36.4 Å². The molecular formula is C21H19F3N2O3. The van der Waals surface area contributed by atoms with E-state index in [0.29, 0.717) is 22.7 Å². The monoisotopic (exact) mass is 404 g/mol. The molecule has 0 aliphatic rings. The lowest BCUT2D eigenvalue weighted by atomic mass is 10.0. The standard InChI is InChI=1S/C21H19F3N2O3/c22-21(23,24)15-3-7-18(8-4-15)29-17-5-1-13(2-6-17)19-10-14(20(28)12-27)9-16(11-25)26-19/h1-10,20,27-28H,11-12,25H2. The van der Waals surface area contributed by atoms with E-state index < -0.39 is 24.5 Å². The molecule has 0 aliphatic heterocycles. The van der Waals surface area contributed by atoms with Gasteiger partial charge >= 0.3 is 6.18 Å². The zero-order valence-corrected chi connectivity index (χ0v) is 15.2. The fraction of sp³-hybridized carbons (Fsp3) is 0.190. The second-order valence-electron chi connectivity index (χ2n) is 6.33. The van der Waals surface area contributed by atoms with Crippen molar-refractivity contribution in [2.24, 2.45) is 5.73 Å². The van der Waals surface area contributed by atoms with E-state index >= 15 is 0 Å². The van der Waals surface area contributed by atoms with E-state index in [9.17, 15) is 23.4 Å². The van der Waals surface area contributed by atoms with Crippen molar-refractivity contribution in [3.63, 3.8) is 0 Å². The predicted molar refractivity (Wildman–Crippen MR) is 101 cm³/mol. The highest BCUT2D eigenvalue weighted by atomic mass is 19.4. The number of rotatable bonds is 6. The van der Waals surface area contributed by atoms with Crippen LogP contribution in [0.1, 0.15) is 22.9 Å². The van der Waals surface area contributed by atoms with Gasteiger partial charge in [-0.1, -0.05) is 0 Å². The van der Waals surface area contributed by atoms with Crippen molar-refractivity contribution >= 4 is 0 Å². The highest BCUT2D eigenvalue weighted by Gasteiger charge is 2.30. The summed E-state index contributed by atoms with van der Waals surface area (Å²) in [5, 5.41) is 19.1. The molecule has 1 heterocycles. The Morgan fingerprint density at radius 2 is 1.55 bits per heavy atom. The van der Waals surface area contributed by atoms with Crippen LogP contribution in [0.25, 0.3) is 11.3 Å². The van der Waals surface area contributed by atoms with Crippen LogP contribution in [0.2, 0.25) is 0 Å². The van der Waals surface area contributed by atoms with Gasteiger partial charge in [0, 0.05) is 12.1 Å². The summed E-state index contributed by atoms with van der Waals surface area (Å²) in [6.45, 7) is -0.249. The molecule has 2 aromatic carbocycles. The quantitative estimate of drug-likeness (QED) is 0.577. The largest absolute Gasteiger partial charge is 0.457 e. The van der Waals surface area contributed by atoms with Gasteiger partial charge < -0.3 is 20.7 Å². The first-order chi connectivity index (χ1) is 13.8. The van der Waals surface area contributed by atoms with Crippen LogP contribution in [0.4, 0.5) is 13.2 Å². The Balaban J connectivity index is 1.80. The first kappa shape index (κ1) is 20.8. The van der Waals surface area contributed by atoms with E-state index in [1.807, 2.05) is 0 Å². The first-order valence-corrected chi connectivity index (χ1v) is 8.75. The van der Waals surface area contributed by atoms with Gasteiger partial charge in [0.2, 0.25) is 0 Å². The average Bonchev–Trinajstić information content (AvgIpc) is 2.73. The molecule has 0 spiro atoms. The van der Waals surface area contributed by atoms with Crippen LogP contribution in [0.3, 0.4) is 0 Å². The van der Waals surface area contributed by atoms with Crippen molar-refractivity contribution in [1.82, 2.24) is 4.98 Å². The Labute approximate surface area is 165 Å². The van der Waals surface area contributed by atoms with E-state index in [1.165, 1.54) is 12.1 Å². The Morgan fingerprint density at radius 1 is 0.966 bits per heavy atom. The number of halogens is 3. The summed E-state index contributed by atoms with van der Waals surface area (Å²) in [6, 6.07) is 14.5. The Bertz CT molecular complexity index is 958. The number of aromatic nitrogens is 1. The molecule has 0 amide bonds. The average molecular weight is 404 g/mol. The molecule has 29 heavy (non-hydrogen) atoms. The number of nitrogens with two attached hydrogens (primary N) is 1. The topological polar surface area (TPSA) is 88.6 Å². The van der Waals surface area contributed by atoms with E-state index in [2.05, 4.69) is 4.98 Å². The molecule has 0 radical (unpaired) electrons. The Kier molecular flexibility index (Phi) is 6.17. The Hall–Kier alpha value is -2.94. The van der Waals surface area contributed by atoms with Crippen molar-refractivity contribution in [2.45, 2.75) is 18.8 Å². The minimum Gasteiger partial charge on any atom is -0.457 e. The van der Waals surface area contributed by atoms with Crippen molar-refractivity contribution in [3.05, 3.63) is 77.5 Å². The van der Waals surface area contributed by atoms with Gasteiger partial charge in [0.05, 0.1) is 23.6 Å². The fourth-order valence-corrected chi connectivity index (χ4v) is 2.70. The SMILES string of the molecule is NCc1cc(C(O)CO)cc(-c2ccc(Oc3ccc(C(F)(F)F)cc3)cc2)n1. The smallest absolute Gasteiger partial charge is 0.416 e. The maximum absolute atomic E-state index is 12.6. The lowest BCUT2D eigenvalue weighted by molar-refractivity contribution is -0.137. The number of pyridine rings is 1. The lowest BCUT2D eigenvalue weighted by Gasteiger charge is -2.12. The molecule has 0 bridgehead atoms. The highest BCUT2D eigenvalue weighted by Crippen LogP contribution is 2.32. The van der Waals surface area contributed by atoms with Crippen molar-refractivity contribution in [2.75, 3.05) is 6.61 Å². The molecule has 5 nitrogen and oxygen atoms in total. The zero-order chi connectivity index (χ0) is 21.0. The van der Waals surface area contributed by atoms with Gasteiger partial charge in [0.1, 0.15) is 17.6 Å². The van der Waals surface area contributed by atoms with Crippen LogP contribution in [0.5, 0.6) is 11.5 Å². The molecule has 0 fully saturated rings. The summed E-state index contributed by atoms with van der Waals surface area (Å²) in [4.78, 5) is 4.42. The van der Waals surface area contributed by atoms with Crippen molar-refractivity contribution in [1.29, 1.82) is 0 Å². The highest BCUT2D eigenvalue weighted by molar-refractivity contribution is 5.61. The molecule has 8 heteroatoms. The molecule has 152 valence electrons. The number of hydrogen-bond acceptors (Lipinski definition) is 5. The van der Waals surface area contributed by atoms with E-state index in [-0.39, 0.29) is 12.3 Å². The molecule has 0 aliphatic carbocycles. The second-order valence-corrected chi connectivity index (χ2v) is 6.33. The third-order valence-corrected chi connectivity index (χ3v) is 4.23. The van der Waals surface area contributed by atoms with Gasteiger partial charge in [-0.05, 0) is 66.2 Å². The molecule has 4 N–H and O–H groups in total. The summed E-state index contributed by atoms with van der Waals surface area (Å²) >= 11 is 0. The third-order valence-electron chi connectivity index (χ3n) is 4.23. The van der Waals surface area contributed by atoms with Crippen LogP contribution >= 0.6 is 0 Å². The summed E-state index contributed by atoms with van der Waals surface area (Å²) in [5.74, 6) is 0.724. The normalized spacial score (nSPS) is 12.6. The number of hydrogen-bond donors (Lipinski definition) is 3. The first-order valence-electron chi connectivity index (χ1n) is 8.75. The van der Waals surface area contributed by atoms with Gasteiger partial charge in [-0.25, -0.2) is 0 Å². The molecule has 1 unspecified atom stereocenters. The van der Waals surface area contributed by atoms with E-state index in [4.69, 9.17) is 10.5 Å². The van der Waals surface area contributed by atoms with Crippen LogP contribution in [0.15, 0.2) is 60.7 Å². The number of aliphatic hydroxyl groups excluding tert-OH is 2. The minimum atomic E-state index is -4.40. The third kappa shape index (κ3) is 5.11. The number of aliphatic hydroxyl groups is 2. The summed E-state index contributed by atoms with van der Waals surface area (Å²) in [7, 11) is 0. The maximum Gasteiger partial charge on any atom is 0.416 e. The van der Waals surface area contributed by atoms with Gasteiger partial charge in [0.15, 0.2) is 0 Å². The number of ether oxygens (including phenoxy) is 1. The van der Waals surface area contributed by atoms with Crippen LogP contribution in [0, 0.1) is 0 Å². The molecule has 0 saturated carbocycles. The molecule has 0 saturated heterocycles. The van der Waals surface area contributed by atoms with Crippen LogP contribution < -0.4 is 10.5 Å². The van der Waals surface area contributed by atoms with Crippen molar-refractivity contribution < 1.29 is 28.1 Å². The van der Waals surface area contributed by atoms with Crippen LogP contribution in [-0.2, 0) is 12.7 Å². The molecule has 3 aromatic rings. The second kappa shape index (κ2) is 8.60. The number of benzene rings is 2. The van der Waals surface area contributed by atoms with Gasteiger partial charge in [-0.2, -0.15) is 13.2 Å². The van der Waals surface area contributed by atoms with E-state index in [0.717, 1.165) is 17.7 Å². The lowest BCUT2D eigenvalue weighted by Crippen LogP contribution is -2.07. The number of nitrogens with zero attached hydrogens (tertiary/aromatic N) is 1. The van der Waals surface area contributed by atoms with Crippen molar-refractivity contribution in [3.8, 4) is 22.8 Å². The Morgan fingerprint density at radius 3 is 2.07 bits per heavy atom. The molecule has 3 rings (SSSR count). The number of alkyl halides is 3. The van der Waals surface area contributed by atoms with Crippen LogP contribution in [-0.4, -0.2) is 21.8 Å². The molecule has 1 atom stereocenters. The molecule has 1 aromatic heterocycles. The fourth-order valence-electron chi connectivity index (χ4n) is 2.70. The zero-order valence-electron chi connectivity index (χ0n) is 15.2. The predicted octanol–water partition coefficient (Wildman–Crippen LogP) is 4.04. The molecular weight excluding hydrogens is 385 g/mol. The van der Waals surface area contributed by atoms with Gasteiger partial charge in [-0.15, -0.1) is 0 Å². The summed E-state index contributed by atoms with van der Waals surface area (Å²) in [5.41, 5.74) is 7.28. The summed E-state index contributed by atoms with van der Waals surface area (Å²) < 4.78 is 43.4. The summed E-state index contributed by atoms with van der Waals surface area (Å²) in [6.07, 6.45) is -5.43. The minimum absolute atomic E-state index is 0.175.